The van der Waals surface area contributed by atoms with E-state index in [2.05, 4.69) is 182 Å². The largest absolute Gasteiger partial charge is 0.497 e. The van der Waals surface area contributed by atoms with Gasteiger partial charge in [-0.1, -0.05) is 129 Å². The van der Waals surface area contributed by atoms with Crippen molar-refractivity contribution in [2.24, 2.45) is 5.73 Å². The van der Waals surface area contributed by atoms with Crippen molar-refractivity contribution in [1.29, 1.82) is 0 Å². The number of benzene rings is 7. The van der Waals surface area contributed by atoms with Crippen LogP contribution >= 0.6 is 0 Å². The highest BCUT2D eigenvalue weighted by atomic mass is 16.5. The maximum Gasteiger partial charge on any atom is 0.119 e. The molecule has 0 radical (unpaired) electrons. The summed E-state index contributed by atoms with van der Waals surface area (Å²) >= 11 is 0. The molecule has 254 valence electrons. The fourth-order valence-corrected chi connectivity index (χ4v) is 8.81. The van der Waals surface area contributed by atoms with E-state index in [4.69, 9.17) is 10.5 Å². The van der Waals surface area contributed by atoms with E-state index in [0.29, 0.717) is 0 Å². The van der Waals surface area contributed by atoms with Crippen LogP contribution in [0.2, 0.25) is 0 Å². The van der Waals surface area contributed by atoms with Crippen LogP contribution in [-0.2, 0) is 11.0 Å². The third kappa shape index (κ3) is 4.69. The van der Waals surface area contributed by atoms with Crippen LogP contribution < -0.4 is 10.5 Å². The third-order valence-electron chi connectivity index (χ3n) is 11.7. The van der Waals surface area contributed by atoms with Gasteiger partial charge in [-0.3, -0.25) is 0 Å². The molecule has 0 atom stereocenters. The van der Waals surface area contributed by atoms with E-state index in [-0.39, 0.29) is 5.54 Å². The van der Waals surface area contributed by atoms with E-state index >= 15 is 0 Å². The Hall–Kier alpha value is -5.90. The minimum atomic E-state index is -0.513. The van der Waals surface area contributed by atoms with Gasteiger partial charge in [0.2, 0.25) is 0 Å². The van der Waals surface area contributed by atoms with Crippen molar-refractivity contribution in [2.45, 2.75) is 37.6 Å². The highest BCUT2D eigenvalue weighted by molar-refractivity contribution is 6.10. The maximum atomic E-state index is 6.78. The van der Waals surface area contributed by atoms with Crippen molar-refractivity contribution in [3.8, 4) is 33.7 Å². The van der Waals surface area contributed by atoms with Crippen LogP contribution in [0.1, 0.15) is 54.5 Å². The van der Waals surface area contributed by atoms with E-state index in [1.807, 2.05) is 0 Å². The first-order chi connectivity index (χ1) is 25.5. The molecule has 0 unspecified atom stereocenters. The summed E-state index contributed by atoms with van der Waals surface area (Å²) in [5.74, 6) is 0.859. The minimum absolute atomic E-state index is 0.309. The van der Waals surface area contributed by atoms with Crippen LogP contribution in [0.25, 0.3) is 49.7 Å². The molecule has 1 aliphatic carbocycles. The van der Waals surface area contributed by atoms with Crippen molar-refractivity contribution in [3.05, 3.63) is 192 Å². The molecule has 52 heavy (non-hydrogen) atoms. The van der Waals surface area contributed by atoms with E-state index < -0.39 is 5.41 Å². The van der Waals surface area contributed by atoms with Crippen molar-refractivity contribution in [1.82, 2.24) is 4.57 Å². The number of hydrogen-bond acceptors (Lipinski definition) is 2. The van der Waals surface area contributed by atoms with Crippen molar-refractivity contribution < 1.29 is 4.74 Å². The quantitative estimate of drug-likeness (QED) is 0.174. The first-order valence-corrected chi connectivity index (χ1v) is 18.4. The number of fused-ring (bicyclic) bond motifs is 6. The van der Waals surface area contributed by atoms with E-state index in [1.54, 1.807) is 7.11 Å². The molecule has 7 aromatic carbocycles. The zero-order valence-electron chi connectivity index (χ0n) is 29.9. The SMILES string of the molecule is CCC(N)(CC)c1ccc(-n2c3ccccc3c3cc(-c4ccc5c(c4)C(c4ccccc4)(c4ccccc4)c4cc(OC)ccc4-5)ccc32)cc1. The lowest BCUT2D eigenvalue weighted by molar-refractivity contribution is 0.413. The van der Waals surface area contributed by atoms with Crippen LogP contribution in [0.5, 0.6) is 5.75 Å². The highest BCUT2D eigenvalue weighted by Crippen LogP contribution is 2.57. The number of aromatic nitrogens is 1. The molecule has 3 heteroatoms. The van der Waals surface area contributed by atoms with Crippen LogP contribution in [0, 0.1) is 0 Å². The normalized spacial score (nSPS) is 13.3. The van der Waals surface area contributed by atoms with Gasteiger partial charge in [-0.25, -0.2) is 0 Å². The molecule has 1 aromatic heterocycles. The molecule has 2 N–H and O–H groups in total. The molecule has 8 aromatic rings. The Balaban J connectivity index is 1.24. The van der Waals surface area contributed by atoms with Crippen LogP contribution in [0.4, 0.5) is 0 Å². The zero-order valence-corrected chi connectivity index (χ0v) is 29.9. The lowest BCUT2D eigenvalue weighted by atomic mass is 9.67. The Labute approximate surface area is 306 Å². The monoisotopic (exact) mass is 674 g/mol. The predicted molar refractivity (Wildman–Crippen MR) is 217 cm³/mol. The van der Waals surface area contributed by atoms with Gasteiger partial charge in [0.25, 0.3) is 0 Å². The second kappa shape index (κ2) is 12.4. The second-order valence-corrected chi connectivity index (χ2v) is 14.1. The Bertz CT molecular complexity index is 2540. The fourth-order valence-electron chi connectivity index (χ4n) is 8.81. The van der Waals surface area contributed by atoms with Gasteiger partial charge in [0.05, 0.1) is 23.6 Å². The summed E-state index contributed by atoms with van der Waals surface area (Å²) in [6.07, 6.45) is 1.81. The molecule has 0 bridgehead atoms. The molecular formula is C49H42N2O. The standard InChI is InChI=1S/C49H42N2O/c1-4-48(50,5-2)35-22-24-38(25-23-35)51-46-19-13-12-18-42(46)43-30-33(21-29-47(43)51)34-20-27-40-41-28-26-39(52-3)32-45(41)49(44(40)31-34,36-14-8-6-9-15-36)37-16-10-7-11-17-37/h6-32H,4-5,50H2,1-3H3. The van der Waals surface area contributed by atoms with Crippen molar-refractivity contribution >= 4 is 21.8 Å². The molecule has 1 aliphatic rings. The van der Waals surface area contributed by atoms with E-state index in [0.717, 1.165) is 24.3 Å². The number of methoxy groups -OCH3 is 1. The van der Waals surface area contributed by atoms with E-state index in [9.17, 15) is 0 Å². The molecule has 0 amide bonds. The van der Waals surface area contributed by atoms with Crippen LogP contribution in [-0.4, -0.2) is 11.7 Å². The topological polar surface area (TPSA) is 40.2 Å². The molecule has 0 fully saturated rings. The van der Waals surface area contributed by atoms with Crippen LogP contribution in [0.15, 0.2) is 164 Å². The summed E-state index contributed by atoms with van der Waals surface area (Å²) in [5.41, 5.74) is 20.5. The Kier molecular flexibility index (Phi) is 7.64. The molecule has 0 aliphatic heterocycles. The summed E-state index contributed by atoms with van der Waals surface area (Å²) in [5, 5.41) is 2.47. The van der Waals surface area contributed by atoms with Crippen LogP contribution in [0.3, 0.4) is 0 Å². The second-order valence-electron chi connectivity index (χ2n) is 14.1. The molecule has 3 nitrogen and oxygen atoms in total. The van der Waals surface area contributed by atoms with Crippen molar-refractivity contribution in [2.75, 3.05) is 7.11 Å². The number of rotatable bonds is 8. The lowest BCUT2D eigenvalue weighted by Gasteiger charge is -2.34. The van der Waals surface area contributed by atoms with Gasteiger partial charge >= 0.3 is 0 Å². The molecule has 1 heterocycles. The maximum absolute atomic E-state index is 6.78. The molecule has 0 saturated heterocycles. The van der Waals surface area contributed by atoms with Gasteiger partial charge in [-0.05, 0) is 111 Å². The Morgan fingerprint density at radius 1 is 0.558 bits per heavy atom. The summed E-state index contributed by atoms with van der Waals surface area (Å²) in [6.45, 7) is 4.34. The predicted octanol–water partition coefficient (Wildman–Crippen LogP) is 11.8. The Morgan fingerprint density at radius 3 is 1.77 bits per heavy atom. The lowest BCUT2D eigenvalue weighted by Crippen LogP contribution is -2.34. The fraction of sp³-hybridized carbons (Fsp3) is 0.143. The first kappa shape index (κ1) is 32.0. The van der Waals surface area contributed by atoms with Gasteiger partial charge in [0.15, 0.2) is 0 Å². The minimum Gasteiger partial charge on any atom is -0.497 e. The molecular weight excluding hydrogens is 633 g/mol. The summed E-state index contributed by atoms with van der Waals surface area (Å²) in [6, 6.07) is 60.0. The zero-order chi connectivity index (χ0) is 35.5. The Morgan fingerprint density at radius 2 is 1.12 bits per heavy atom. The van der Waals surface area contributed by atoms with Crippen molar-refractivity contribution in [3.63, 3.8) is 0 Å². The molecule has 0 spiro atoms. The number of hydrogen-bond donors (Lipinski definition) is 1. The summed E-state index contributed by atoms with van der Waals surface area (Å²) in [7, 11) is 1.75. The van der Waals surface area contributed by atoms with Gasteiger partial charge in [0, 0.05) is 22.0 Å². The number of nitrogens with two attached hydrogens (primary N) is 1. The average molecular weight is 675 g/mol. The summed E-state index contributed by atoms with van der Waals surface area (Å²) < 4.78 is 8.22. The van der Waals surface area contributed by atoms with Gasteiger partial charge < -0.3 is 15.0 Å². The molecule has 9 rings (SSSR count). The molecule has 0 saturated carbocycles. The number of nitrogens with zero attached hydrogens (tertiary/aromatic N) is 1. The number of para-hydroxylation sites is 1. The van der Waals surface area contributed by atoms with Gasteiger partial charge in [-0.15, -0.1) is 0 Å². The highest BCUT2D eigenvalue weighted by Gasteiger charge is 2.46. The van der Waals surface area contributed by atoms with Gasteiger partial charge in [-0.2, -0.15) is 0 Å². The van der Waals surface area contributed by atoms with E-state index in [1.165, 1.54) is 71.9 Å². The smallest absolute Gasteiger partial charge is 0.119 e. The van der Waals surface area contributed by atoms with Gasteiger partial charge in [0.1, 0.15) is 5.75 Å². The average Bonchev–Trinajstić information content (AvgIpc) is 3.70. The third-order valence-corrected chi connectivity index (χ3v) is 11.7. The summed E-state index contributed by atoms with van der Waals surface area (Å²) in [4.78, 5) is 0. The number of ether oxygens (including phenoxy) is 1. The first-order valence-electron chi connectivity index (χ1n) is 18.4.